The van der Waals surface area contributed by atoms with E-state index in [1.165, 1.54) is 13.8 Å². The summed E-state index contributed by atoms with van der Waals surface area (Å²) >= 11 is 0. The molecule has 2 rings (SSSR count). The van der Waals surface area contributed by atoms with Gasteiger partial charge in [0.15, 0.2) is 0 Å². The van der Waals surface area contributed by atoms with E-state index < -0.39 is 5.60 Å². The van der Waals surface area contributed by atoms with Crippen molar-refractivity contribution in [1.29, 1.82) is 0 Å². The molecule has 2 fully saturated rings. The summed E-state index contributed by atoms with van der Waals surface area (Å²) in [6, 6.07) is 0.215. The second-order valence-corrected chi connectivity index (χ2v) is 6.95. The van der Waals surface area contributed by atoms with E-state index in [2.05, 4.69) is 15.5 Å². The first-order chi connectivity index (χ1) is 11.3. The van der Waals surface area contributed by atoms with Crippen molar-refractivity contribution in [2.24, 2.45) is 0 Å². The van der Waals surface area contributed by atoms with Crippen molar-refractivity contribution in [2.45, 2.75) is 44.8 Å². The van der Waals surface area contributed by atoms with Crippen LogP contribution in [0.4, 0.5) is 0 Å². The highest BCUT2D eigenvalue weighted by atomic mass is 16.3. The maximum absolute atomic E-state index is 12.0. The van der Waals surface area contributed by atoms with Crippen molar-refractivity contribution in [2.75, 3.05) is 39.3 Å². The van der Waals surface area contributed by atoms with E-state index in [4.69, 9.17) is 0 Å². The first kappa shape index (κ1) is 18.7. The zero-order chi connectivity index (χ0) is 17.7. The molecule has 0 aliphatic carbocycles. The van der Waals surface area contributed by atoms with Crippen LogP contribution in [0.25, 0.3) is 0 Å². The average Bonchev–Trinajstić information content (AvgIpc) is 2.88. The second-order valence-electron chi connectivity index (χ2n) is 6.95. The third kappa shape index (κ3) is 5.45. The van der Waals surface area contributed by atoms with Crippen LogP contribution in [0.5, 0.6) is 0 Å². The van der Waals surface area contributed by atoms with Crippen LogP contribution in [0.3, 0.4) is 0 Å². The van der Waals surface area contributed by atoms with Gasteiger partial charge in [-0.2, -0.15) is 0 Å². The Hall–Kier alpha value is -1.67. The highest BCUT2D eigenvalue weighted by Crippen LogP contribution is 2.24. The Morgan fingerprint density at radius 2 is 1.79 bits per heavy atom. The number of rotatable bonds is 5. The molecular weight excluding hydrogens is 312 g/mol. The summed E-state index contributed by atoms with van der Waals surface area (Å²) < 4.78 is 0. The Balaban J connectivity index is 1.76. The summed E-state index contributed by atoms with van der Waals surface area (Å²) in [5, 5.41) is 16.2. The highest BCUT2D eigenvalue weighted by molar-refractivity contribution is 5.83. The van der Waals surface area contributed by atoms with Crippen molar-refractivity contribution >= 4 is 17.7 Å². The van der Waals surface area contributed by atoms with Crippen LogP contribution in [0.1, 0.15) is 33.1 Å². The highest BCUT2D eigenvalue weighted by Gasteiger charge is 2.39. The van der Waals surface area contributed by atoms with Gasteiger partial charge in [-0.05, 0) is 19.3 Å². The van der Waals surface area contributed by atoms with Gasteiger partial charge < -0.3 is 25.5 Å². The minimum Gasteiger partial charge on any atom is -0.387 e. The molecule has 2 heterocycles. The first-order valence-electron chi connectivity index (χ1n) is 8.51. The molecule has 8 nitrogen and oxygen atoms in total. The largest absolute Gasteiger partial charge is 0.387 e. The van der Waals surface area contributed by atoms with Gasteiger partial charge in [-0.25, -0.2) is 0 Å². The van der Waals surface area contributed by atoms with Gasteiger partial charge in [-0.3, -0.25) is 14.4 Å². The van der Waals surface area contributed by atoms with E-state index in [0.717, 1.165) is 25.9 Å². The number of likely N-dealkylation sites (tertiary alicyclic amines) is 2. The van der Waals surface area contributed by atoms with Gasteiger partial charge in [0.1, 0.15) is 0 Å². The standard InChI is InChI=1S/C16H28N4O4/c1-12(21)17-9-15(23)20-8-5-16(24,11-20)10-19-6-3-14(4-7-19)18-13(2)22/h14,24H,3-11H2,1-2H3,(H,17,21)(H,18,22)/t16-/m1/s1. The van der Waals surface area contributed by atoms with Gasteiger partial charge in [0.25, 0.3) is 0 Å². The van der Waals surface area contributed by atoms with Crippen LogP contribution in [-0.2, 0) is 14.4 Å². The summed E-state index contributed by atoms with van der Waals surface area (Å²) in [5.74, 6) is -0.401. The Kier molecular flexibility index (Phi) is 6.17. The van der Waals surface area contributed by atoms with Crippen LogP contribution in [0.2, 0.25) is 0 Å². The number of aliphatic hydroxyl groups is 1. The molecule has 1 atom stereocenters. The molecule has 2 saturated heterocycles. The number of nitrogens with one attached hydrogen (secondary N) is 2. The molecule has 0 spiro atoms. The normalized spacial score (nSPS) is 25.5. The minimum atomic E-state index is -0.896. The lowest BCUT2D eigenvalue weighted by Crippen LogP contribution is -2.51. The van der Waals surface area contributed by atoms with Crippen molar-refractivity contribution in [3.05, 3.63) is 0 Å². The van der Waals surface area contributed by atoms with Crippen LogP contribution in [0.15, 0.2) is 0 Å². The van der Waals surface area contributed by atoms with Gasteiger partial charge in [0, 0.05) is 46.1 Å². The van der Waals surface area contributed by atoms with Crippen LogP contribution in [-0.4, -0.2) is 83.5 Å². The molecule has 3 N–H and O–H groups in total. The van der Waals surface area contributed by atoms with Gasteiger partial charge in [-0.15, -0.1) is 0 Å². The molecule has 3 amide bonds. The van der Waals surface area contributed by atoms with Crippen molar-refractivity contribution in [3.63, 3.8) is 0 Å². The van der Waals surface area contributed by atoms with E-state index in [0.29, 0.717) is 26.1 Å². The third-order valence-electron chi connectivity index (χ3n) is 4.69. The van der Waals surface area contributed by atoms with Gasteiger partial charge in [-0.1, -0.05) is 0 Å². The molecule has 0 aromatic heterocycles. The molecule has 2 aliphatic rings. The van der Waals surface area contributed by atoms with Gasteiger partial charge in [0.2, 0.25) is 17.7 Å². The zero-order valence-corrected chi connectivity index (χ0v) is 14.5. The van der Waals surface area contributed by atoms with Gasteiger partial charge in [0.05, 0.1) is 18.7 Å². The van der Waals surface area contributed by atoms with E-state index in [1.54, 1.807) is 4.90 Å². The van der Waals surface area contributed by atoms with E-state index in [9.17, 15) is 19.5 Å². The van der Waals surface area contributed by atoms with E-state index in [1.807, 2.05) is 0 Å². The smallest absolute Gasteiger partial charge is 0.242 e. The van der Waals surface area contributed by atoms with E-state index in [-0.39, 0.29) is 30.3 Å². The molecule has 0 radical (unpaired) electrons. The van der Waals surface area contributed by atoms with Crippen molar-refractivity contribution < 1.29 is 19.5 Å². The lowest BCUT2D eigenvalue weighted by Gasteiger charge is -2.36. The molecule has 0 aromatic carbocycles. The van der Waals surface area contributed by atoms with Crippen molar-refractivity contribution in [3.8, 4) is 0 Å². The molecular formula is C16H28N4O4. The fraction of sp³-hybridized carbons (Fsp3) is 0.812. The van der Waals surface area contributed by atoms with Crippen LogP contribution < -0.4 is 10.6 Å². The second kappa shape index (κ2) is 7.94. The SMILES string of the molecule is CC(=O)NCC(=O)N1CC[C@@](O)(CN2CCC(NC(C)=O)CC2)C1. The summed E-state index contributed by atoms with van der Waals surface area (Å²) in [5.41, 5.74) is -0.896. The molecule has 2 aliphatic heterocycles. The number of hydrogen-bond acceptors (Lipinski definition) is 5. The fourth-order valence-corrected chi connectivity index (χ4v) is 3.45. The Morgan fingerprint density at radius 1 is 1.12 bits per heavy atom. The quantitative estimate of drug-likeness (QED) is 0.577. The number of amides is 3. The first-order valence-corrected chi connectivity index (χ1v) is 8.51. The molecule has 136 valence electrons. The Bertz CT molecular complexity index is 490. The predicted molar refractivity (Wildman–Crippen MR) is 88.1 cm³/mol. The summed E-state index contributed by atoms with van der Waals surface area (Å²) in [4.78, 5) is 37.8. The maximum atomic E-state index is 12.0. The zero-order valence-electron chi connectivity index (χ0n) is 14.5. The molecule has 0 unspecified atom stereocenters. The maximum Gasteiger partial charge on any atom is 0.242 e. The number of carbonyl (C=O) groups excluding carboxylic acids is 3. The third-order valence-corrected chi connectivity index (χ3v) is 4.69. The lowest BCUT2D eigenvalue weighted by atomic mass is 9.99. The number of carbonyl (C=O) groups is 3. The Morgan fingerprint density at radius 3 is 2.38 bits per heavy atom. The predicted octanol–water partition coefficient (Wildman–Crippen LogP) is -1.31. The Labute approximate surface area is 142 Å². The topological polar surface area (TPSA) is 102 Å². The number of β-amino-alcohol motifs (C(OH)–C–C–N with tert-alkyl or cyclic N) is 1. The van der Waals surface area contributed by atoms with E-state index >= 15 is 0 Å². The molecule has 8 heteroatoms. The molecule has 0 saturated carbocycles. The number of nitrogens with zero attached hydrogens (tertiary/aromatic N) is 2. The molecule has 24 heavy (non-hydrogen) atoms. The van der Waals surface area contributed by atoms with Crippen LogP contribution in [0, 0.1) is 0 Å². The summed E-state index contributed by atoms with van der Waals surface area (Å²) in [6.45, 7) is 5.88. The number of hydrogen-bond donors (Lipinski definition) is 3. The molecule has 0 aromatic rings. The molecule has 0 bridgehead atoms. The minimum absolute atomic E-state index is 0.00352. The fourth-order valence-electron chi connectivity index (χ4n) is 3.45. The number of piperidine rings is 1. The monoisotopic (exact) mass is 340 g/mol. The van der Waals surface area contributed by atoms with Gasteiger partial charge >= 0.3 is 0 Å². The lowest BCUT2D eigenvalue weighted by molar-refractivity contribution is -0.132. The summed E-state index contributed by atoms with van der Waals surface area (Å²) in [7, 11) is 0. The van der Waals surface area contributed by atoms with Crippen LogP contribution >= 0.6 is 0 Å². The van der Waals surface area contributed by atoms with Crippen molar-refractivity contribution in [1.82, 2.24) is 20.4 Å². The summed E-state index contributed by atoms with van der Waals surface area (Å²) in [6.07, 6.45) is 2.30. The average molecular weight is 340 g/mol.